The number of carboxylic acid groups (broad SMARTS) is 1. The third-order valence-electron chi connectivity index (χ3n) is 2.78. The monoisotopic (exact) mass is 209 g/mol. The van der Waals surface area contributed by atoms with Crippen LogP contribution >= 0.6 is 0 Å². The fourth-order valence-electron chi connectivity index (χ4n) is 1.84. The smallest absolute Gasteiger partial charge is 0.311 e. The lowest BCUT2D eigenvalue weighted by Gasteiger charge is -2.14. The molecule has 1 unspecified atom stereocenters. The summed E-state index contributed by atoms with van der Waals surface area (Å²) in [6.45, 7) is 0. The maximum absolute atomic E-state index is 13.2. The first-order valence-electron chi connectivity index (χ1n) is 4.88. The Balaban J connectivity index is 2.41. The second kappa shape index (κ2) is 3.53. The average molecular weight is 209 g/mol. The van der Waals surface area contributed by atoms with Crippen LogP contribution in [0, 0.1) is 11.7 Å². The number of rotatable bonds is 3. The molecular formula is C11H12FNO2. The summed E-state index contributed by atoms with van der Waals surface area (Å²) in [4.78, 5) is 11.1. The Hall–Kier alpha value is -1.58. The molecule has 0 heterocycles. The molecule has 0 amide bonds. The predicted molar refractivity (Wildman–Crippen MR) is 53.9 cm³/mol. The fraction of sp³-hybridized carbons (Fsp3) is 0.364. The van der Waals surface area contributed by atoms with Crippen molar-refractivity contribution in [2.24, 2.45) is 5.92 Å². The summed E-state index contributed by atoms with van der Waals surface area (Å²) in [7, 11) is 0. The number of hydrogen-bond donors (Lipinski definition) is 2. The Bertz CT molecular complexity index is 402. The summed E-state index contributed by atoms with van der Waals surface area (Å²) in [6.07, 6.45) is 1.76. The van der Waals surface area contributed by atoms with Crippen molar-refractivity contribution in [3.05, 3.63) is 29.6 Å². The number of nitrogens with two attached hydrogens (primary N) is 1. The number of carbonyl (C=O) groups is 1. The second-order valence-corrected chi connectivity index (χ2v) is 3.90. The Morgan fingerprint density at radius 2 is 2.20 bits per heavy atom. The zero-order valence-corrected chi connectivity index (χ0v) is 8.11. The van der Waals surface area contributed by atoms with Crippen molar-refractivity contribution in [1.82, 2.24) is 0 Å². The van der Waals surface area contributed by atoms with Gasteiger partial charge < -0.3 is 10.8 Å². The molecule has 1 aliphatic rings. The summed E-state index contributed by atoms with van der Waals surface area (Å²) in [6, 6.07) is 4.33. The summed E-state index contributed by atoms with van der Waals surface area (Å²) in [5.74, 6) is -2.00. The van der Waals surface area contributed by atoms with Gasteiger partial charge in [-0.05, 0) is 30.4 Å². The molecule has 1 fully saturated rings. The van der Waals surface area contributed by atoms with Crippen LogP contribution in [0.25, 0.3) is 0 Å². The van der Waals surface area contributed by atoms with E-state index in [9.17, 15) is 9.18 Å². The number of benzene rings is 1. The van der Waals surface area contributed by atoms with Gasteiger partial charge in [0, 0.05) is 0 Å². The number of halogens is 1. The Morgan fingerprint density at radius 1 is 1.53 bits per heavy atom. The highest BCUT2D eigenvalue weighted by atomic mass is 19.1. The molecule has 1 aromatic carbocycles. The van der Waals surface area contributed by atoms with Crippen molar-refractivity contribution in [3.63, 3.8) is 0 Å². The molecule has 0 spiro atoms. The summed E-state index contributed by atoms with van der Waals surface area (Å²) < 4.78 is 13.2. The Morgan fingerprint density at radius 3 is 2.73 bits per heavy atom. The minimum atomic E-state index is -0.921. The second-order valence-electron chi connectivity index (χ2n) is 3.90. The average Bonchev–Trinajstić information content (AvgIpc) is 2.96. The van der Waals surface area contributed by atoms with E-state index in [0.29, 0.717) is 5.56 Å². The molecule has 0 radical (unpaired) electrons. The predicted octanol–water partition coefficient (Wildman–Crippen LogP) is 1.99. The molecule has 1 aliphatic carbocycles. The standard InChI is InChI=1S/C11H12FNO2/c12-8-3-1-2-7(10(8)13)9(11(14)15)6-4-5-6/h1-3,6,9H,4-5,13H2,(H,14,15). The van der Waals surface area contributed by atoms with E-state index >= 15 is 0 Å². The van der Waals surface area contributed by atoms with Gasteiger partial charge in [-0.15, -0.1) is 0 Å². The van der Waals surface area contributed by atoms with E-state index in [4.69, 9.17) is 10.8 Å². The van der Waals surface area contributed by atoms with E-state index in [-0.39, 0.29) is 11.6 Å². The van der Waals surface area contributed by atoms with Gasteiger partial charge in [0.1, 0.15) is 5.82 Å². The number of hydrogen-bond acceptors (Lipinski definition) is 2. The van der Waals surface area contributed by atoms with E-state index in [2.05, 4.69) is 0 Å². The fourth-order valence-corrected chi connectivity index (χ4v) is 1.84. The molecule has 3 nitrogen and oxygen atoms in total. The summed E-state index contributed by atoms with van der Waals surface area (Å²) >= 11 is 0. The first-order valence-corrected chi connectivity index (χ1v) is 4.88. The van der Waals surface area contributed by atoms with E-state index in [0.717, 1.165) is 12.8 Å². The molecule has 2 rings (SSSR count). The molecule has 15 heavy (non-hydrogen) atoms. The highest BCUT2D eigenvalue weighted by molar-refractivity contribution is 5.79. The van der Waals surface area contributed by atoms with Crippen molar-refractivity contribution in [2.75, 3.05) is 5.73 Å². The van der Waals surface area contributed by atoms with Gasteiger partial charge in [0.05, 0.1) is 11.6 Å². The number of para-hydroxylation sites is 1. The van der Waals surface area contributed by atoms with Crippen LogP contribution < -0.4 is 5.73 Å². The van der Waals surface area contributed by atoms with Gasteiger partial charge in [0.15, 0.2) is 0 Å². The van der Waals surface area contributed by atoms with Gasteiger partial charge in [-0.1, -0.05) is 12.1 Å². The topological polar surface area (TPSA) is 63.3 Å². The van der Waals surface area contributed by atoms with Gasteiger partial charge >= 0.3 is 5.97 Å². The zero-order chi connectivity index (χ0) is 11.0. The number of anilines is 1. The van der Waals surface area contributed by atoms with Gasteiger partial charge in [-0.2, -0.15) is 0 Å². The molecule has 4 heteroatoms. The normalized spacial score (nSPS) is 17.4. The van der Waals surface area contributed by atoms with E-state index in [1.54, 1.807) is 6.07 Å². The van der Waals surface area contributed by atoms with Crippen LogP contribution in [0.1, 0.15) is 24.3 Å². The van der Waals surface area contributed by atoms with Crippen molar-refractivity contribution in [3.8, 4) is 0 Å². The Kier molecular flexibility index (Phi) is 2.34. The molecule has 80 valence electrons. The molecule has 1 aromatic rings. The van der Waals surface area contributed by atoms with E-state index in [1.165, 1.54) is 12.1 Å². The molecule has 1 atom stereocenters. The molecule has 0 aliphatic heterocycles. The third-order valence-corrected chi connectivity index (χ3v) is 2.78. The zero-order valence-electron chi connectivity index (χ0n) is 8.11. The third kappa shape index (κ3) is 1.79. The number of nitrogen functional groups attached to an aromatic ring is 1. The lowest BCUT2D eigenvalue weighted by Crippen LogP contribution is -2.16. The minimum Gasteiger partial charge on any atom is -0.481 e. The van der Waals surface area contributed by atoms with Crippen molar-refractivity contribution < 1.29 is 14.3 Å². The van der Waals surface area contributed by atoms with Crippen molar-refractivity contribution in [1.29, 1.82) is 0 Å². The maximum Gasteiger partial charge on any atom is 0.311 e. The van der Waals surface area contributed by atoms with Gasteiger partial charge in [-0.25, -0.2) is 4.39 Å². The van der Waals surface area contributed by atoms with Crippen LogP contribution in [0.4, 0.5) is 10.1 Å². The van der Waals surface area contributed by atoms with Crippen LogP contribution in [0.2, 0.25) is 0 Å². The summed E-state index contributed by atoms with van der Waals surface area (Å²) in [5.41, 5.74) is 5.93. The number of carboxylic acids is 1. The SMILES string of the molecule is Nc1c(F)cccc1C(C(=O)O)C1CC1. The molecule has 0 bridgehead atoms. The van der Waals surface area contributed by atoms with Gasteiger partial charge in [0.25, 0.3) is 0 Å². The van der Waals surface area contributed by atoms with Crippen molar-refractivity contribution in [2.45, 2.75) is 18.8 Å². The lowest BCUT2D eigenvalue weighted by molar-refractivity contribution is -0.139. The van der Waals surface area contributed by atoms with E-state index < -0.39 is 17.7 Å². The highest BCUT2D eigenvalue weighted by Crippen LogP contribution is 2.44. The van der Waals surface area contributed by atoms with E-state index in [1.807, 2.05) is 0 Å². The first kappa shape index (κ1) is 9.96. The number of aliphatic carboxylic acids is 1. The van der Waals surface area contributed by atoms with Crippen LogP contribution in [0.3, 0.4) is 0 Å². The van der Waals surface area contributed by atoms with Crippen LogP contribution in [0.15, 0.2) is 18.2 Å². The van der Waals surface area contributed by atoms with Crippen LogP contribution in [-0.2, 0) is 4.79 Å². The summed E-state index contributed by atoms with van der Waals surface area (Å²) in [5, 5.41) is 9.07. The van der Waals surface area contributed by atoms with Crippen LogP contribution in [-0.4, -0.2) is 11.1 Å². The maximum atomic E-state index is 13.2. The molecule has 0 saturated heterocycles. The van der Waals surface area contributed by atoms with Gasteiger partial charge in [-0.3, -0.25) is 4.79 Å². The largest absolute Gasteiger partial charge is 0.481 e. The van der Waals surface area contributed by atoms with Gasteiger partial charge in [0.2, 0.25) is 0 Å². The Labute approximate surface area is 86.7 Å². The van der Waals surface area contributed by atoms with Crippen LogP contribution in [0.5, 0.6) is 0 Å². The first-order chi connectivity index (χ1) is 7.11. The lowest BCUT2D eigenvalue weighted by atomic mass is 9.93. The molecule has 0 aromatic heterocycles. The highest BCUT2D eigenvalue weighted by Gasteiger charge is 2.38. The molecule has 3 N–H and O–H groups in total. The molecular weight excluding hydrogens is 197 g/mol. The molecule has 1 saturated carbocycles. The van der Waals surface area contributed by atoms with Crippen molar-refractivity contribution >= 4 is 11.7 Å². The quantitative estimate of drug-likeness (QED) is 0.748. The minimum absolute atomic E-state index is 0.0307.